The van der Waals surface area contributed by atoms with Crippen molar-refractivity contribution in [1.82, 2.24) is 9.80 Å². The highest BCUT2D eigenvalue weighted by Gasteiger charge is 2.34. The van der Waals surface area contributed by atoms with Crippen LogP contribution in [-0.4, -0.2) is 62.0 Å². The number of amides is 2. The van der Waals surface area contributed by atoms with E-state index in [2.05, 4.69) is 0 Å². The van der Waals surface area contributed by atoms with Crippen molar-refractivity contribution < 1.29 is 19.1 Å². The summed E-state index contributed by atoms with van der Waals surface area (Å²) in [7, 11) is 3.82. The van der Waals surface area contributed by atoms with Gasteiger partial charge in [-0.2, -0.15) is 0 Å². The van der Waals surface area contributed by atoms with Crippen molar-refractivity contribution >= 4 is 22.6 Å². The molecule has 0 aromatic heterocycles. The number of nitrogens with zero attached hydrogens (tertiary/aromatic N) is 2. The molecule has 1 aliphatic heterocycles. The first kappa shape index (κ1) is 18.2. The maximum atomic E-state index is 13.0. The molecule has 1 heterocycles. The third-order valence-corrected chi connectivity index (χ3v) is 4.38. The second-order valence-corrected chi connectivity index (χ2v) is 6.44. The first-order chi connectivity index (χ1) is 12.5. The molecule has 0 aliphatic carbocycles. The number of hydrogen-bond acceptors (Lipinski definition) is 5. The van der Waals surface area contributed by atoms with Crippen LogP contribution in [0, 0.1) is 0 Å². The van der Waals surface area contributed by atoms with Crippen LogP contribution in [0.4, 0.5) is 0 Å². The lowest BCUT2D eigenvalue weighted by Crippen LogP contribution is -2.43. The summed E-state index contributed by atoms with van der Waals surface area (Å²) in [5.41, 5.74) is 1.01. The fraction of sp³-hybridized carbons (Fsp3) is 0.400. The second-order valence-electron chi connectivity index (χ2n) is 6.44. The summed E-state index contributed by atoms with van der Waals surface area (Å²) in [5.74, 6) is 0.700. The zero-order valence-electron chi connectivity index (χ0n) is 15.7. The Labute approximate surface area is 153 Å². The fourth-order valence-corrected chi connectivity index (χ4v) is 3.20. The lowest BCUT2D eigenvalue weighted by atomic mass is 9.93. The highest BCUT2D eigenvalue weighted by atomic mass is 16.5. The van der Waals surface area contributed by atoms with Crippen LogP contribution in [0.5, 0.6) is 11.5 Å². The molecule has 0 saturated carbocycles. The minimum absolute atomic E-state index is 0.262. The molecule has 0 N–H and O–H groups in total. The van der Waals surface area contributed by atoms with Crippen molar-refractivity contribution in [3.8, 4) is 11.5 Å². The van der Waals surface area contributed by atoms with Gasteiger partial charge in [0, 0.05) is 29.4 Å². The Morgan fingerprint density at radius 1 is 0.962 bits per heavy atom. The Bertz CT molecular complexity index is 861. The maximum Gasteiger partial charge on any atom is 0.261 e. The predicted molar refractivity (Wildman–Crippen MR) is 100 cm³/mol. The molecule has 0 spiro atoms. The zero-order chi connectivity index (χ0) is 18.8. The molecule has 1 aliphatic rings. The first-order valence-corrected chi connectivity index (χ1v) is 8.85. The van der Waals surface area contributed by atoms with Crippen molar-refractivity contribution in [2.45, 2.75) is 13.8 Å². The summed E-state index contributed by atoms with van der Waals surface area (Å²) in [6, 6.07) is 7.10. The smallest absolute Gasteiger partial charge is 0.261 e. The highest BCUT2D eigenvalue weighted by molar-refractivity contribution is 6.26. The summed E-state index contributed by atoms with van der Waals surface area (Å²) in [4.78, 5) is 29.2. The van der Waals surface area contributed by atoms with E-state index < -0.39 is 0 Å². The number of imide groups is 1. The Balaban J connectivity index is 2.19. The summed E-state index contributed by atoms with van der Waals surface area (Å²) in [6.07, 6.45) is 0. The number of carbonyl (C=O) groups is 2. The number of likely N-dealkylation sites (N-methyl/N-ethyl adjacent to an activating group) is 1. The Morgan fingerprint density at radius 3 is 2.31 bits per heavy atom. The third-order valence-electron chi connectivity index (χ3n) is 4.38. The molecule has 0 saturated heterocycles. The molecular formula is C20H24N2O4. The van der Waals surface area contributed by atoms with Gasteiger partial charge in [-0.25, -0.2) is 0 Å². The van der Waals surface area contributed by atoms with Gasteiger partial charge in [-0.15, -0.1) is 0 Å². The van der Waals surface area contributed by atoms with E-state index in [-0.39, 0.29) is 11.8 Å². The second kappa shape index (κ2) is 7.33. The molecule has 0 fully saturated rings. The van der Waals surface area contributed by atoms with Crippen LogP contribution < -0.4 is 9.47 Å². The first-order valence-electron chi connectivity index (χ1n) is 8.85. The molecule has 2 aromatic carbocycles. The lowest BCUT2D eigenvalue weighted by molar-refractivity contribution is 0.0601. The maximum absolute atomic E-state index is 13.0. The van der Waals surface area contributed by atoms with E-state index >= 15 is 0 Å². The highest BCUT2D eigenvalue weighted by Crippen LogP contribution is 2.38. The minimum atomic E-state index is -0.287. The van der Waals surface area contributed by atoms with Crippen LogP contribution in [0.1, 0.15) is 34.6 Å². The van der Waals surface area contributed by atoms with E-state index in [1.165, 1.54) is 4.90 Å². The summed E-state index contributed by atoms with van der Waals surface area (Å²) < 4.78 is 11.4. The topological polar surface area (TPSA) is 59.1 Å². The molecule has 26 heavy (non-hydrogen) atoms. The molecule has 138 valence electrons. The van der Waals surface area contributed by atoms with Gasteiger partial charge in [0.25, 0.3) is 11.8 Å². The minimum Gasteiger partial charge on any atom is -0.494 e. The van der Waals surface area contributed by atoms with Gasteiger partial charge in [0.15, 0.2) is 0 Å². The van der Waals surface area contributed by atoms with E-state index in [0.29, 0.717) is 54.3 Å². The zero-order valence-corrected chi connectivity index (χ0v) is 15.7. The molecule has 2 aromatic rings. The summed E-state index contributed by atoms with van der Waals surface area (Å²) in [5, 5.41) is 1.38. The van der Waals surface area contributed by atoms with Gasteiger partial charge in [-0.05, 0) is 52.2 Å². The standard InChI is InChI=1S/C20H24N2O4/c1-5-25-13-11-15-17(26-6-2)8-7-14-18(15)16(12-13)20(24)22(19(14)23)10-9-21(3)4/h7-8,11-12H,5-6,9-10H2,1-4H3. The average Bonchev–Trinajstić information content (AvgIpc) is 2.60. The van der Waals surface area contributed by atoms with E-state index in [0.717, 1.165) is 5.39 Å². The number of benzene rings is 2. The Kier molecular flexibility index (Phi) is 5.13. The monoisotopic (exact) mass is 356 g/mol. The third kappa shape index (κ3) is 3.12. The molecule has 6 heteroatoms. The van der Waals surface area contributed by atoms with Gasteiger partial charge in [0.05, 0.1) is 18.8 Å². The van der Waals surface area contributed by atoms with Crippen LogP contribution >= 0.6 is 0 Å². The van der Waals surface area contributed by atoms with E-state index in [1.807, 2.05) is 38.9 Å². The fourth-order valence-electron chi connectivity index (χ4n) is 3.20. The number of ether oxygens (including phenoxy) is 2. The Hall–Kier alpha value is -2.60. The molecule has 2 amide bonds. The predicted octanol–water partition coefficient (Wildman–Crippen LogP) is 2.79. The number of hydrogen-bond donors (Lipinski definition) is 0. The molecule has 6 nitrogen and oxygen atoms in total. The SMILES string of the molecule is CCOc1cc2c3c(ccc(OCC)c3c1)C(=O)N(CCN(C)C)C2=O. The van der Waals surface area contributed by atoms with Crippen molar-refractivity contribution in [3.05, 3.63) is 35.4 Å². The van der Waals surface area contributed by atoms with E-state index in [1.54, 1.807) is 18.2 Å². The summed E-state index contributed by atoms with van der Waals surface area (Å²) >= 11 is 0. The van der Waals surface area contributed by atoms with Gasteiger partial charge in [-0.3, -0.25) is 14.5 Å². The van der Waals surface area contributed by atoms with Crippen molar-refractivity contribution in [2.75, 3.05) is 40.4 Å². The summed E-state index contributed by atoms with van der Waals surface area (Å²) in [6.45, 7) is 5.74. The van der Waals surface area contributed by atoms with Gasteiger partial charge in [0.2, 0.25) is 0 Å². The molecule has 0 radical (unpaired) electrons. The molecule has 0 unspecified atom stereocenters. The largest absolute Gasteiger partial charge is 0.494 e. The Morgan fingerprint density at radius 2 is 1.65 bits per heavy atom. The number of rotatable bonds is 7. The van der Waals surface area contributed by atoms with E-state index in [4.69, 9.17) is 9.47 Å². The van der Waals surface area contributed by atoms with Crippen LogP contribution in [0.25, 0.3) is 10.8 Å². The normalized spacial score (nSPS) is 13.7. The van der Waals surface area contributed by atoms with Crippen LogP contribution in [0.2, 0.25) is 0 Å². The van der Waals surface area contributed by atoms with Crippen LogP contribution in [0.3, 0.4) is 0 Å². The van der Waals surface area contributed by atoms with Gasteiger partial charge in [0.1, 0.15) is 11.5 Å². The number of carbonyl (C=O) groups excluding carboxylic acids is 2. The van der Waals surface area contributed by atoms with Crippen LogP contribution in [-0.2, 0) is 0 Å². The van der Waals surface area contributed by atoms with Crippen molar-refractivity contribution in [1.29, 1.82) is 0 Å². The lowest BCUT2D eigenvalue weighted by Gasteiger charge is -2.29. The van der Waals surface area contributed by atoms with Gasteiger partial charge in [-0.1, -0.05) is 0 Å². The van der Waals surface area contributed by atoms with Gasteiger partial charge >= 0.3 is 0 Å². The molecule has 3 rings (SSSR count). The average molecular weight is 356 g/mol. The van der Waals surface area contributed by atoms with E-state index in [9.17, 15) is 9.59 Å². The van der Waals surface area contributed by atoms with Gasteiger partial charge < -0.3 is 14.4 Å². The molecule has 0 atom stereocenters. The van der Waals surface area contributed by atoms with Crippen molar-refractivity contribution in [2.24, 2.45) is 0 Å². The molecular weight excluding hydrogens is 332 g/mol. The van der Waals surface area contributed by atoms with Crippen molar-refractivity contribution in [3.63, 3.8) is 0 Å². The quantitative estimate of drug-likeness (QED) is 0.714. The molecule has 0 bridgehead atoms. The van der Waals surface area contributed by atoms with Crippen LogP contribution in [0.15, 0.2) is 24.3 Å².